The Kier molecular flexibility index (Phi) is 13.1. The average molecular weight is 644 g/mol. The third-order valence-corrected chi connectivity index (χ3v) is 8.87. The van der Waals surface area contributed by atoms with Gasteiger partial charge in [-0.2, -0.15) is 0 Å². The molecule has 0 aromatic rings. The van der Waals surface area contributed by atoms with E-state index in [0.29, 0.717) is 6.42 Å². The smallest absolute Gasteiger partial charge is 0.407 e. The fraction of sp³-hybridized carbons (Fsp3) is 0.875. The van der Waals surface area contributed by atoms with Crippen LogP contribution in [-0.4, -0.2) is 120 Å². The summed E-state index contributed by atoms with van der Waals surface area (Å²) in [7, 11) is 3.28. The molecule has 0 spiro atoms. The van der Waals surface area contributed by atoms with E-state index >= 15 is 0 Å². The van der Waals surface area contributed by atoms with Crippen LogP contribution in [0.5, 0.6) is 0 Å². The minimum atomic E-state index is -1.34. The van der Waals surface area contributed by atoms with Crippen LogP contribution in [0, 0.1) is 17.8 Å². The van der Waals surface area contributed by atoms with Crippen molar-refractivity contribution in [1.82, 2.24) is 15.5 Å². The van der Waals surface area contributed by atoms with E-state index in [9.17, 15) is 24.9 Å². The highest BCUT2D eigenvalue weighted by Crippen LogP contribution is 2.40. The van der Waals surface area contributed by atoms with Gasteiger partial charge in [-0.25, -0.2) is 4.79 Å². The molecule has 0 radical (unpaired) electrons. The number of rotatable bonds is 11. The Bertz CT molecular complexity index is 1020. The highest BCUT2D eigenvalue weighted by atomic mass is 16.7. The van der Waals surface area contributed by atoms with Crippen molar-refractivity contribution in [2.75, 3.05) is 33.8 Å². The van der Waals surface area contributed by atoms with Gasteiger partial charge in [-0.15, -0.1) is 0 Å². The first-order chi connectivity index (χ1) is 21.0. The first kappa shape index (κ1) is 37.5. The Morgan fingerprint density at radius 1 is 1.11 bits per heavy atom. The fourth-order valence-electron chi connectivity index (χ4n) is 6.31. The molecule has 3 rings (SSSR count). The Morgan fingerprint density at radius 3 is 2.40 bits per heavy atom. The minimum absolute atomic E-state index is 0.0523. The number of amides is 2. The first-order valence-electron chi connectivity index (χ1n) is 16.2. The van der Waals surface area contributed by atoms with Gasteiger partial charge in [0.1, 0.15) is 23.4 Å². The molecule has 2 amide bonds. The highest BCUT2D eigenvalue weighted by molar-refractivity contribution is 5.76. The average Bonchev–Trinajstić information content (AvgIpc) is 2.94. The van der Waals surface area contributed by atoms with Crippen LogP contribution in [0.15, 0.2) is 11.8 Å². The predicted molar refractivity (Wildman–Crippen MR) is 166 cm³/mol. The number of alkyl carbamates (subject to hydrolysis) is 1. The van der Waals surface area contributed by atoms with Gasteiger partial charge < -0.3 is 54.5 Å². The minimum Gasteiger partial charge on any atom is -0.469 e. The number of nitrogens with one attached hydrogen (secondary N) is 2. The number of nitrogens with zero attached hydrogens (tertiary/aromatic N) is 1. The number of hydrogen-bond acceptors (Lipinski definition) is 11. The topological polar surface area (TPSA) is 168 Å². The Labute approximate surface area is 267 Å². The maximum absolute atomic E-state index is 13.4. The van der Waals surface area contributed by atoms with E-state index in [0.717, 1.165) is 18.6 Å². The number of aliphatic hydroxyl groups is 3. The summed E-state index contributed by atoms with van der Waals surface area (Å²) >= 11 is 0. The zero-order valence-corrected chi connectivity index (χ0v) is 28.4. The van der Waals surface area contributed by atoms with Crippen molar-refractivity contribution in [2.24, 2.45) is 17.8 Å². The molecule has 0 bridgehead atoms. The molecule has 2 heterocycles. The lowest BCUT2D eigenvalue weighted by Crippen LogP contribution is -2.66. The second kappa shape index (κ2) is 15.7. The van der Waals surface area contributed by atoms with E-state index in [1.807, 2.05) is 20.8 Å². The van der Waals surface area contributed by atoms with Crippen LogP contribution in [0.1, 0.15) is 74.1 Å². The van der Waals surface area contributed by atoms with Crippen LogP contribution < -0.4 is 10.6 Å². The van der Waals surface area contributed by atoms with E-state index in [1.165, 1.54) is 4.90 Å². The van der Waals surface area contributed by atoms with Crippen molar-refractivity contribution in [3.8, 4) is 0 Å². The maximum Gasteiger partial charge on any atom is 0.407 e. The van der Waals surface area contributed by atoms with Gasteiger partial charge in [-0.05, 0) is 65.5 Å². The van der Waals surface area contributed by atoms with Crippen molar-refractivity contribution < 1.29 is 48.6 Å². The van der Waals surface area contributed by atoms with Gasteiger partial charge in [0.2, 0.25) is 12.2 Å². The van der Waals surface area contributed by atoms with Crippen molar-refractivity contribution in [1.29, 1.82) is 0 Å². The zero-order valence-electron chi connectivity index (χ0n) is 28.4. The Morgan fingerprint density at radius 2 is 1.78 bits per heavy atom. The molecule has 260 valence electrons. The number of carbonyl (C=O) groups excluding carboxylic acids is 2. The van der Waals surface area contributed by atoms with Crippen molar-refractivity contribution in [2.45, 2.75) is 128 Å². The summed E-state index contributed by atoms with van der Waals surface area (Å²) in [6.07, 6.45) is -2.13. The molecule has 0 aromatic carbocycles. The van der Waals surface area contributed by atoms with Gasteiger partial charge in [0, 0.05) is 38.9 Å². The molecule has 1 saturated carbocycles. The lowest BCUT2D eigenvalue weighted by Gasteiger charge is -2.49. The summed E-state index contributed by atoms with van der Waals surface area (Å²) in [5.41, 5.74) is -1.97. The second-order valence-electron chi connectivity index (χ2n) is 14.1. The fourth-order valence-corrected chi connectivity index (χ4v) is 6.31. The highest BCUT2D eigenvalue weighted by Gasteiger charge is 2.51. The molecular weight excluding hydrogens is 586 g/mol. The van der Waals surface area contributed by atoms with E-state index in [1.54, 1.807) is 41.8 Å². The van der Waals surface area contributed by atoms with Crippen LogP contribution in [0.25, 0.3) is 0 Å². The SMILES string of the molecule is CCC1=CC[C@@H](C)[C@@H](OC2[C@@H](C)C[C@@H](CC(=O)N(C)CCNC(=O)OC(C)(C)C)[C@H](O[C@H]3OC[C@](C)(O)[C@H](NC)[C@H]3O)[C@H]2O)O1. The second-order valence-corrected chi connectivity index (χ2v) is 14.1. The summed E-state index contributed by atoms with van der Waals surface area (Å²) in [4.78, 5) is 26.9. The molecule has 1 aliphatic carbocycles. The largest absolute Gasteiger partial charge is 0.469 e. The number of carbonyl (C=O) groups is 2. The van der Waals surface area contributed by atoms with Crippen molar-refractivity contribution >= 4 is 12.0 Å². The molecule has 2 aliphatic heterocycles. The van der Waals surface area contributed by atoms with Crippen molar-refractivity contribution in [3.63, 3.8) is 0 Å². The Balaban J connectivity index is 1.74. The normalized spacial score (nSPS) is 37.3. The summed E-state index contributed by atoms with van der Waals surface area (Å²) in [6, 6.07) is -0.748. The van der Waals surface area contributed by atoms with Crippen LogP contribution >= 0.6 is 0 Å². The maximum atomic E-state index is 13.4. The number of ether oxygens (including phenoxy) is 5. The molecule has 0 aromatic heterocycles. The third kappa shape index (κ3) is 9.99. The van der Waals surface area contributed by atoms with E-state index in [-0.39, 0.29) is 43.9 Å². The number of hydrogen-bond donors (Lipinski definition) is 5. The number of likely N-dealkylation sites (N-methyl/N-ethyl adjacent to an activating group) is 2. The zero-order chi connectivity index (χ0) is 33.7. The monoisotopic (exact) mass is 643 g/mol. The van der Waals surface area contributed by atoms with E-state index in [2.05, 4.69) is 16.7 Å². The summed E-state index contributed by atoms with van der Waals surface area (Å²) in [6.45, 7) is 13.3. The molecule has 45 heavy (non-hydrogen) atoms. The van der Waals surface area contributed by atoms with Crippen LogP contribution in [0.2, 0.25) is 0 Å². The summed E-state index contributed by atoms with van der Waals surface area (Å²) < 4.78 is 29.9. The van der Waals surface area contributed by atoms with Gasteiger partial charge in [-0.3, -0.25) is 4.79 Å². The van der Waals surface area contributed by atoms with Gasteiger partial charge >= 0.3 is 6.09 Å². The molecule has 11 atom stereocenters. The standard InChI is InChI=1S/C32H57N3O10/c1-10-21-12-11-18(2)28(42-21)43-25-19(3)15-20(16-22(36)35(9)14-13-34-30(39)45-31(4,5)6)26(23(25)37)44-29-24(38)27(33-8)32(7,40)17-41-29/h12,18-20,23-29,33,37-38,40H,10-11,13-17H2,1-9H3,(H,34,39)/t18-,19+,20+,23+,24-,25?,26+,27-,28-,29-,32+/m1/s1. The quantitative estimate of drug-likeness (QED) is 0.223. The predicted octanol–water partition coefficient (Wildman–Crippen LogP) is 1.88. The molecule has 5 N–H and O–H groups in total. The number of allylic oxidation sites excluding steroid dienone is 2. The van der Waals surface area contributed by atoms with Crippen LogP contribution in [-0.2, 0) is 28.5 Å². The van der Waals surface area contributed by atoms with Crippen LogP contribution in [0.4, 0.5) is 4.79 Å². The van der Waals surface area contributed by atoms with Crippen LogP contribution in [0.3, 0.4) is 0 Å². The lowest BCUT2D eigenvalue weighted by molar-refractivity contribution is -0.312. The molecular formula is C32H57N3O10. The van der Waals surface area contributed by atoms with E-state index < -0.39 is 66.3 Å². The lowest BCUT2D eigenvalue weighted by atomic mass is 9.74. The van der Waals surface area contributed by atoms with Gasteiger partial charge in [0.05, 0.1) is 30.6 Å². The van der Waals surface area contributed by atoms with Crippen molar-refractivity contribution in [3.05, 3.63) is 11.8 Å². The third-order valence-electron chi connectivity index (χ3n) is 8.87. The van der Waals surface area contributed by atoms with E-state index in [4.69, 9.17) is 23.7 Å². The molecule has 13 nitrogen and oxygen atoms in total. The molecule has 1 unspecified atom stereocenters. The molecule has 1 saturated heterocycles. The molecule has 3 aliphatic rings. The molecule has 13 heteroatoms. The number of aliphatic hydroxyl groups excluding tert-OH is 2. The van der Waals surface area contributed by atoms with Gasteiger partial charge in [0.15, 0.2) is 6.29 Å². The van der Waals surface area contributed by atoms with Gasteiger partial charge in [0.25, 0.3) is 0 Å². The molecule has 2 fully saturated rings. The Hall–Kier alpha value is -2.00. The van der Waals surface area contributed by atoms with Gasteiger partial charge in [-0.1, -0.05) is 20.8 Å². The summed E-state index contributed by atoms with van der Waals surface area (Å²) in [5.74, 6) is 0.141. The first-order valence-corrected chi connectivity index (χ1v) is 16.2. The summed E-state index contributed by atoms with van der Waals surface area (Å²) in [5, 5.41) is 39.2.